The summed E-state index contributed by atoms with van der Waals surface area (Å²) in [6, 6.07) is 22.0. The predicted octanol–water partition coefficient (Wildman–Crippen LogP) is 4.41. The molecule has 0 amide bonds. The molecule has 0 aliphatic rings. The second-order valence-electron chi connectivity index (χ2n) is 7.38. The number of hydrogen-bond acceptors (Lipinski definition) is 6. The number of rotatable bonds is 8. The van der Waals surface area contributed by atoms with E-state index in [1.54, 1.807) is 50.4 Å². The van der Waals surface area contributed by atoms with Gasteiger partial charge in [-0.3, -0.25) is 14.2 Å². The minimum absolute atomic E-state index is 0.00931. The van der Waals surface area contributed by atoms with Gasteiger partial charge in [0.2, 0.25) is 5.75 Å². The Morgan fingerprint density at radius 2 is 1.55 bits per heavy atom. The van der Waals surface area contributed by atoms with Crippen LogP contribution in [0.25, 0.3) is 10.9 Å². The van der Waals surface area contributed by atoms with Crippen molar-refractivity contribution in [2.45, 2.75) is 26.6 Å². The number of ether oxygens (including phenoxy) is 3. The highest BCUT2D eigenvalue weighted by Crippen LogP contribution is 2.38. The lowest BCUT2D eigenvalue weighted by Crippen LogP contribution is -2.23. The molecular formula is C26H24N2O5. The average Bonchev–Trinajstić information content (AvgIpc) is 2.85. The quantitative estimate of drug-likeness (QED) is 0.296. The minimum Gasteiger partial charge on any atom is -0.485 e. The van der Waals surface area contributed by atoms with Crippen molar-refractivity contribution in [3.63, 3.8) is 0 Å². The van der Waals surface area contributed by atoms with E-state index in [1.165, 1.54) is 4.57 Å². The second kappa shape index (κ2) is 9.99. The molecule has 3 aromatic carbocycles. The molecule has 0 N–H and O–H groups in total. The molecule has 0 radical (unpaired) electrons. The van der Waals surface area contributed by atoms with Gasteiger partial charge in [0.05, 0.1) is 10.9 Å². The summed E-state index contributed by atoms with van der Waals surface area (Å²) in [5, 5.41) is 0.539. The van der Waals surface area contributed by atoms with Crippen molar-refractivity contribution in [3.8, 4) is 17.2 Å². The van der Waals surface area contributed by atoms with Crippen LogP contribution < -0.4 is 19.8 Å². The number of hydrogen-bond donors (Lipinski definition) is 0. The zero-order valence-corrected chi connectivity index (χ0v) is 18.5. The summed E-state index contributed by atoms with van der Waals surface area (Å²) < 4.78 is 18.9. The summed E-state index contributed by atoms with van der Waals surface area (Å²) in [4.78, 5) is 29.3. The minimum atomic E-state index is -0.410. The summed E-state index contributed by atoms with van der Waals surface area (Å²) in [6.45, 7) is 2.03. The van der Waals surface area contributed by atoms with Crippen molar-refractivity contribution in [3.05, 3.63) is 94.5 Å². The molecule has 0 saturated carbocycles. The van der Waals surface area contributed by atoms with E-state index in [0.29, 0.717) is 34.8 Å². The molecule has 0 atom stereocenters. The van der Waals surface area contributed by atoms with E-state index < -0.39 is 5.97 Å². The van der Waals surface area contributed by atoms with Crippen LogP contribution in [-0.2, 0) is 25.1 Å². The Morgan fingerprint density at radius 1 is 0.879 bits per heavy atom. The SMILES string of the molecule is CCC(=O)Oc1c(OCc2ccccc2)cccc1OCc1nc2ccccc2c(=O)n1C. The standard InChI is InChI=1S/C26H24N2O5/c1-3-24(29)33-25-21(31-16-18-10-5-4-6-11-18)14-9-15-22(25)32-17-23-27-20-13-8-7-12-19(20)26(30)28(23)2/h4-15H,3,16-17H2,1-2H3. The van der Waals surface area contributed by atoms with E-state index in [9.17, 15) is 9.59 Å². The summed E-state index contributed by atoms with van der Waals surface area (Å²) in [6.07, 6.45) is 0.202. The van der Waals surface area contributed by atoms with Crippen molar-refractivity contribution in [2.24, 2.45) is 7.05 Å². The van der Waals surface area contributed by atoms with Gasteiger partial charge in [-0.1, -0.05) is 55.5 Å². The molecule has 1 aromatic heterocycles. The number of para-hydroxylation sites is 2. The number of esters is 1. The van der Waals surface area contributed by atoms with Crippen molar-refractivity contribution >= 4 is 16.9 Å². The van der Waals surface area contributed by atoms with Gasteiger partial charge in [0.1, 0.15) is 19.0 Å². The van der Waals surface area contributed by atoms with Gasteiger partial charge in [0, 0.05) is 13.5 Å². The lowest BCUT2D eigenvalue weighted by molar-refractivity contribution is -0.134. The van der Waals surface area contributed by atoms with Gasteiger partial charge in [0.25, 0.3) is 5.56 Å². The van der Waals surface area contributed by atoms with E-state index in [-0.39, 0.29) is 24.3 Å². The highest BCUT2D eigenvalue weighted by Gasteiger charge is 2.17. The monoisotopic (exact) mass is 444 g/mol. The second-order valence-corrected chi connectivity index (χ2v) is 7.38. The first-order chi connectivity index (χ1) is 16.1. The predicted molar refractivity (Wildman–Crippen MR) is 124 cm³/mol. The molecule has 0 bridgehead atoms. The van der Waals surface area contributed by atoms with Crippen LogP contribution in [0.4, 0.5) is 0 Å². The van der Waals surface area contributed by atoms with Crippen molar-refractivity contribution in [1.29, 1.82) is 0 Å². The molecule has 0 fully saturated rings. The van der Waals surface area contributed by atoms with Gasteiger partial charge < -0.3 is 14.2 Å². The summed E-state index contributed by atoms with van der Waals surface area (Å²) in [5.74, 6) is 0.947. The molecule has 168 valence electrons. The number of fused-ring (bicyclic) bond motifs is 1. The normalized spacial score (nSPS) is 10.7. The summed E-state index contributed by atoms with van der Waals surface area (Å²) >= 11 is 0. The van der Waals surface area contributed by atoms with Crippen LogP contribution in [0.2, 0.25) is 0 Å². The molecule has 0 aliphatic heterocycles. The molecule has 0 unspecified atom stereocenters. The average molecular weight is 444 g/mol. The highest BCUT2D eigenvalue weighted by molar-refractivity contribution is 5.77. The Labute approximate surface area is 191 Å². The highest BCUT2D eigenvalue weighted by atomic mass is 16.6. The van der Waals surface area contributed by atoms with Crippen LogP contribution in [0, 0.1) is 0 Å². The fraction of sp³-hybridized carbons (Fsp3) is 0.192. The van der Waals surface area contributed by atoms with Gasteiger partial charge in [-0.15, -0.1) is 0 Å². The van der Waals surface area contributed by atoms with Crippen LogP contribution in [0.1, 0.15) is 24.7 Å². The lowest BCUT2D eigenvalue weighted by Gasteiger charge is -2.16. The number of nitrogens with zero attached hydrogens (tertiary/aromatic N) is 2. The lowest BCUT2D eigenvalue weighted by atomic mass is 10.2. The van der Waals surface area contributed by atoms with Gasteiger partial charge >= 0.3 is 5.97 Å². The van der Waals surface area contributed by atoms with Gasteiger partial charge in [-0.2, -0.15) is 0 Å². The molecular weight excluding hydrogens is 420 g/mol. The largest absolute Gasteiger partial charge is 0.485 e. The number of carbonyl (C=O) groups excluding carboxylic acids is 1. The maximum atomic E-state index is 12.7. The molecule has 7 nitrogen and oxygen atoms in total. The first kappa shape index (κ1) is 22.1. The van der Waals surface area contributed by atoms with E-state index in [4.69, 9.17) is 14.2 Å². The fourth-order valence-corrected chi connectivity index (χ4v) is 3.28. The molecule has 1 heterocycles. The van der Waals surface area contributed by atoms with Gasteiger partial charge in [-0.05, 0) is 29.8 Å². The maximum Gasteiger partial charge on any atom is 0.311 e. The molecule has 7 heteroatoms. The van der Waals surface area contributed by atoms with Crippen LogP contribution in [0.15, 0.2) is 77.6 Å². The Bertz CT molecular complexity index is 1330. The van der Waals surface area contributed by atoms with Gasteiger partial charge in [-0.25, -0.2) is 4.98 Å². The van der Waals surface area contributed by atoms with Gasteiger partial charge in [0.15, 0.2) is 11.5 Å². The molecule has 0 saturated heterocycles. The van der Waals surface area contributed by atoms with Crippen LogP contribution in [-0.4, -0.2) is 15.5 Å². The Kier molecular flexibility index (Phi) is 6.69. The Morgan fingerprint density at radius 3 is 2.27 bits per heavy atom. The first-order valence-corrected chi connectivity index (χ1v) is 10.6. The molecule has 4 rings (SSSR count). The zero-order valence-electron chi connectivity index (χ0n) is 18.5. The van der Waals surface area contributed by atoms with E-state index in [2.05, 4.69) is 4.98 Å². The van der Waals surface area contributed by atoms with E-state index >= 15 is 0 Å². The smallest absolute Gasteiger partial charge is 0.311 e. The van der Waals surface area contributed by atoms with Crippen molar-refractivity contribution < 1.29 is 19.0 Å². The molecule has 0 spiro atoms. The molecule has 33 heavy (non-hydrogen) atoms. The van der Waals surface area contributed by atoms with Crippen LogP contribution in [0.5, 0.6) is 17.2 Å². The van der Waals surface area contributed by atoms with Crippen LogP contribution in [0.3, 0.4) is 0 Å². The summed E-state index contributed by atoms with van der Waals surface area (Å²) in [5.41, 5.74) is 1.42. The van der Waals surface area contributed by atoms with Crippen molar-refractivity contribution in [1.82, 2.24) is 9.55 Å². The number of aromatic nitrogens is 2. The zero-order chi connectivity index (χ0) is 23.2. The van der Waals surface area contributed by atoms with Crippen LogP contribution >= 0.6 is 0 Å². The van der Waals surface area contributed by atoms with E-state index in [0.717, 1.165) is 5.56 Å². The third-order valence-corrected chi connectivity index (χ3v) is 5.12. The number of carbonyl (C=O) groups is 1. The number of benzene rings is 3. The maximum absolute atomic E-state index is 12.7. The Balaban J connectivity index is 1.61. The third kappa shape index (κ3) is 5.03. The fourth-order valence-electron chi connectivity index (χ4n) is 3.28. The first-order valence-electron chi connectivity index (χ1n) is 10.6. The van der Waals surface area contributed by atoms with Crippen molar-refractivity contribution in [2.75, 3.05) is 0 Å². The topological polar surface area (TPSA) is 79.7 Å². The summed E-state index contributed by atoms with van der Waals surface area (Å²) in [7, 11) is 1.65. The molecule has 4 aromatic rings. The van der Waals surface area contributed by atoms with E-state index in [1.807, 2.05) is 36.4 Å². The Hall–Kier alpha value is -4.13. The molecule has 0 aliphatic carbocycles. The third-order valence-electron chi connectivity index (χ3n) is 5.12.